The summed E-state index contributed by atoms with van der Waals surface area (Å²) in [7, 11) is -3.50. The number of nitrogens with one attached hydrogen (secondary N) is 1. The summed E-state index contributed by atoms with van der Waals surface area (Å²) in [4.78, 5) is 14.6. The maximum Gasteiger partial charge on any atom is 0.336 e. The molecule has 30 heavy (non-hydrogen) atoms. The smallest absolute Gasteiger partial charge is 0.336 e. The third kappa shape index (κ3) is 4.33. The van der Waals surface area contributed by atoms with Crippen molar-refractivity contribution in [1.82, 2.24) is 9.62 Å². The van der Waals surface area contributed by atoms with Gasteiger partial charge in [-0.1, -0.05) is 30.3 Å². The van der Waals surface area contributed by atoms with Crippen molar-refractivity contribution in [3.8, 4) is 0 Å². The van der Waals surface area contributed by atoms with E-state index in [0.717, 1.165) is 48.0 Å². The molecule has 0 amide bonds. The van der Waals surface area contributed by atoms with Gasteiger partial charge in [0.15, 0.2) is 0 Å². The molecule has 1 aromatic heterocycles. The lowest BCUT2D eigenvalue weighted by Gasteiger charge is -2.32. The number of hydrogen-bond donors (Lipinski definition) is 1. The van der Waals surface area contributed by atoms with Crippen LogP contribution in [0.5, 0.6) is 0 Å². The third-order valence-electron chi connectivity index (χ3n) is 5.87. The second kappa shape index (κ2) is 8.34. The van der Waals surface area contributed by atoms with Gasteiger partial charge in [-0.25, -0.2) is 17.9 Å². The van der Waals surface area contributed by atoms with Gasteiger partial charge in [0.25, 0.3) is 0 Å². The number of rotatable bonds is 5. The molecule has 0 atom stereocenters. The van der Waals surface area contributed by atoms with E-state index in [1.54, 1.807) is 36.4 Å². The topological polar surface area (TPSA) is 79.6 Å². The molecule has 2 heterocycles. The van der Waals surface area contributed by atoms with Gasteiger partial charge >= 0.3 is 5.63 Å². The molecule has 0 bridgehead atoms. The van der Waals surface area contributed by atoms with Crippen LogP contribution < -0.4 is 10.3 Å². The van der Waals surface area contributed by atoms with Gasteiger partial charge in [-0.2, -0.15) is 0 Å². The second-order valence-electron chi connectivity index (χ2n) is 7.96. The van der Waals surface area contributed by atoms with Crippen LogP contribution in [0.4, 0.5) is 0 Å². The second-order valence-corrected chi connectivity index (χ2v) is 9.67. The monoisotopic (exact) mass is 426 g/mol. The molecule has 0 aliphatic carbocycles. The highest BCUT2D eigenvalue weighted by Crippen LogP contribution is 2.25. The summed E-state index contributed by atoms with van der Waals surface area (Å²) >= 11 is 0. The highest BCUT2D eigenvalue weighted by molar-refractivity contribution is 7.89. The van der Waals surface area contributed by atoms with Gasteiger partial charge in [-0.05, 0) is 55.5 Å². The summed E-state index contributed by atoms with van der Waals surface area (Å²) in [5, 5.41) is 0.963. The quantitative estimate of drug-likeness (QED) is 0.633. The van der Waals surface area contributed by atoms with E-state index >= 15 is 0 Å². The maximum absolute atomic E-state index is 12.5. The van der Waals surface area contributed by atoms with E-state index in [-0.39, 0.29) is 11.7 Å². The molecule has 6 nitrogen and oxygen atoms in total. The van der Waals surface area contributed by atoms with Crippen LogP contribution in [0.2, 0.25) is 0 Å². The predicted octanol–water partition coefficient (Wildman–Crippen LogP) is 3.35. The minimum Gasteiger partial charge on any atom is -0.422 e. The van der Waals surface area contributed by atoms with Crippen molar-refractivity contribution in [2.75, 3.05) is 13.1 Å². The molecule has 3 aromatic rings. The van der Waals surface area contributed by atoms with Crippen LogP contribution in [-0.4, -0.2) is 32.4 Å². The molecule has 0 unspecified atom stereocenters. The van der Waals surface area contributed by atoms with Gasteiger partial charge in [-0.15, -0.1) is 0 Å². The summed E-state index contributed by atoms with van der Waals surface area (Å²) < 4.78 is 33.4. The molecule has 0 saturated carbocycles. The van der Waals surface area contributed by atoms with Crippen molar-refractivity contribution in [3.05, 3.63) is 75.6 Å². The zero-order valence-electron chi connectivity index (χ0n) is 17.2. The molecule has 2 aromatic carbocycles. The maximum atomic E-state index is 12.5. The van der Waals surface area contributed by atoms with Crippen LogP contribution in [0, 0.1) is 13.8 Å². The molecule has 4 rings (SSSR count). The van der Waals surface area contributed by atoms with E-state index in [4.69, 9.17) is 4.42 Å². The van der Waals surface area contributed by atoms with Crippen molar-refractivity contribution in [1.29, 1.82) is 0 Å². The number of piperidine rings is 1. The van der Waals surface area contributed by atoms with Gasteiger partial charge < -0.3 is 4.42 Å². The zero-order valence-corrected chi connectivity index (χ0v) is 18.0. The molecule has 158 valence electrons. The summed E-state index contributed by atoms with van der Waals surface area (Å²) in [6, 6.07) is 14.0. The lowest BCUT2D eigenvalue weighted by Crippen LogP contribution is -2.44. The molecule has 0 radical (unpaired) electrons. The normalized spacial score (nSPS) is 16.2. The van der Waals surface area contributed by atoms with Gasteiger partial charge in [0, 0.05) is 37.1 Å². The molecule has 7 heteroatoms. The molecular weight excluding hydrogens is 400 g/mol. The van der Waals surface area contributed by atoms with E-state index in [2.05, 4.69) is 9.62 Å². The van der Waals surface area contributed by atoms with E-state index in [9.17, 15) is 13.2 Å². The summed E-state index contributed by atoms with van der Waals surface area (Å²) in [6.45, 7) is 6.13. The Morgan fingerprint density at radius 2 is 1.77 bits per heavy atom. The first-order valence-electron chi connectivity index (χ1n) is 10.2. The lowest BCUT2D eigenvalue weighted by atomic mass is 10.0. The average Bonchev–Trinajstić information content (AvgIpc) is 2.73. The van der Waals surface area contributed by atoms with E-state index in [1.165, 1.54) is 0 Å². The Balaban J connectivity index is 1.45. The summed E-state index contributed by atoms with van der Waals surface area (Å²) in [6.07, 6.45) is 1.45. The first-order chi connectivity index (χ1) is 14.3. The number of likely N-dealkylation sites (tertiary alicyclic amines) is 1. The number of benzene rings is 2. The van der Waals surface area contributed by atoms with E-state index in [0.29, 0.717) is 17.0 Å². The number of fused-ring (bicyclic) bond motifs is 1. The van der Waals surface area contributed by atoms with Crippen molar-refractivity contribution < 1.29 is 12.8 Å². The van der Waals surface area contributed by atoms with Gasteiger partial charge in [0.05, 0.1) is 4.90 Å². The van der Waals surface area contributed by atoms with Crippen molar-refractivity contribution >= 4 is 21.0 Å². The van der Waals surface area contributed by atoms with Crippen LogP contribution in [0.15, 0.2) is 62.6 Å². The molecule has 1 saturated heterocycles. The summed E-state index contributed by atoms with van der Waals surface area (Å²) in [5.41, 5.74) is 3.35. The fourth-order valence-corrected chi connectivity index (χ4v) is 5.32. The standard InChI is InChI=1S/C23H26N2O4S/c1-16-8-9-21-18(14-22(26)29-23(21)17(16)2)15-25-12-10-19(11-13-25)24-30(27,28)20-6-4-3-5-7-20/h3-9,14,19,24H,10-13,15H2,1-2H3. The van der Waals surface area contributed by atoms with Crippen molar-refractivity contribution in [2.24, 2.45) is 0 Å². The fourth-order valence-electron chi connectivity index (χ4n) is 3.99. The Kier molecular flexibility index (Phi) is 5.77. The summed E-state index contributed by atoms with van der Waals surface area (Å²) in [5.74, 6) is 0. The molecule has 0 spiro atoms. The van der Waals surface area contributed by atoms with Crippen molar-refractivity contribution in [2.45, 2.75) is 44.2 Å². The van der Waals surface area contributed by atoms with Crippen LogP contribution in [0.3, 0.4) is 0 Å². The van der Waals surface area contributed by atoms with E-state index in [1.807, 2.05) is 26.0 Å². The number of hydrogen-bond acceptors (Lipinski definition) is 5. The first-order valence-corrected chi connectivity index (χ1v) is 11.6. The van der Waals surface area contributed by atoms with E-state index < -0.39 is 10.0 Å². The third-order valence-corrected chi connectivity index (χ3v) is 7.41. The minimum atomic E-state index is -3.50. The van der Waals surface area contributed by atoms with Gasteiger partial charge in [-0.3, -0.25) is 4.90 Å². The van der Waals surface area contributed by atoms with Crippen LogP contribution >= 0.6 is 0 Å². The Labute approximate surface area is 176 Å². The number of nitrogens with zero attached hydrogens (tertiary/aromatic N) is 1. The SMILES string of the molecule is Cc1ccc2c(CN3CCC(NS(=O)(=O)c4ccccc4)CC3)cc(=O)oc2c1C. The van der Waals surface area contributed by atoms with Crippen LogP contribution in [0.1, 0.15) is 29.5 Å². The number of aryl methyl sites for hydroxylation is 2. The highest BCUT2D eigenvalue weighted by Gasteiger charge is 2.25. The molecular formula is C23H26N2O4S. The Bertz CT molecular complexity index is 1210. The minimum absolute atomic E-state index is 0.0889. The Hall–Kier alpha value is -2.48. The molecule has 1 N–H and O–H groups in total. The lowest BCUT2D eigenvalue weighted by molar-refractivity contribution is 0.200. The van der Waals surface area contributed by atoms with Gasteiger partial charge in [0.2, 0.25) is 10.0 Å². The number of sulfonamides is 1. The predicted molar refractivity (Wildman–Crippen MR) is 117 cm³/mol. The Morgan fingerprint density at radius 3 is 2.47 bits per heavy atom. The van der Waals surface area contributed by atoms with Crippen molar-refractivity contribution in [3.63, 3.8) is 0 Å². The van der Waals surface area contributed by atoms with Crippen LogP contribution in [0.25, 0.3) is 11.0 Å². The highest BCUT2D eigenvalue weighted by atomic mass is 32.2. The van der Waals surface area contributed by atoms with Gasteiger partial charge in [0.1, 0.15) is 5.58 Å². The fraction of sp³-hybridized carbons (Fsp3) is 0.348. The molecule has 1 aliphatic rings. The zero-order chi connectivity index (χ0) is 21.3. The molecule has 1 aliphatic heterocycles. The molecule has 1 fully saturated rings. The first kappa shape index (κ1) is 20.8. The Morgan fingerprint density at radius 1 is 1.07 bits per heavy atom. The van der Waals surface area contributed by atoms with Crippen LogP contribution in [-0.2, 0) is 16.6 Å². The largest absolute Gasteiger partial charge is 0.422 e. The average molecular weight is 427 g/mol.